The van der Waals surface area contributed by atoms with Crippen LogP contribution in [0.4, 0.5) is 10.8 Å². The maximum atomic E-state index is 12.5. The van der Waals surface area contributed by atoms with Crippen molar-refractivity contribution in [3.63, 3.8) is 0 Å². The predicted octanol–water partition coefficient (Wildman–Crippen LogP) is 3.97. The molecule has 0 aliphatic rings. The highest BCUT2D eigenvalue weighted by atomic mass is 32.2. The first-order valence-corrected chi connectivity index (χ1v) is 10.8. The third kappa shape index (κ3) is 4.87. The smallest absolute Gasteiger partial charge is 0.263 e. The minimum Gasteiger partial charge on any atom is -0.494 e. The van der Waals surface area contributed by atoms with E-state index in [1.165, 1.54) is 30.4 Å². The van der Waals surface area contributed by atoms with Gasteiger partial charge in [-0.15, -0.1) is 11.3 Å². The second-order valence-corrected chi connectivity index (χ2v) is 8.35. The van der Waals surface area contributed by atoms with Crippen LogP contribution in [0.3, 0.4) is 0 Å². The number of nitrogens with one attached hydrogen (secondary N) is 2. The molecule has 0 bridgehead atoms. The fraction of sp³-hybridized carbons (Fsp3) is 0.158. The van der Waals surface area contributed by atoms with Crippen LogP contribution >= 0.6 is 11.3 Å². The molecule has 146 valence electrons. The van der Waals surface area contributed by atoms with Crippen LogP contribution in [0.1, 0.15) is 13.8 Å². The van der Waals surface area contributed by atoms with Crippen molar-refractivity contribution >= 4 is 38.1 Å². The zero-order valence-corrected chi connectivity index (χ0v) is 16.9. The summed E-state index contributed by atoms with van der Waals surface area (Å²) in [4.78, 5) is 15.6. The number of ether oxygens (including phenoxy) is 1. The summed E-state index contributed by atoms with van der Waals surface area (Å²) < 4.78 is 32.9. The van der Waals surface area contributed by atoms with E-state index < -0.39 is 10.0 Å². The van der Waals surface area contributed by atoms with Crippen molar-refractivity contribution < 1.29 is 17.9 Å². The third-order valence-electron chi connectivity index (χ3n) is 3.67. The monoisotopic (exact) mass is 417 g/mol. The maximum Gasteiger partial charge on any atom is 0.263 e. The molecular weight excluding hydrogens is 398 g/mol. The lowest BCUT2D eigenvalue weighted by Gasteiger charge is -2.07. The molecule has 0 atom stereocenters. The van der Waals surface area contributed by atoms with E-state index in [0.29, 0.717) is 23.7 Å². The van der Waals surface area contributed by atoms with Crippen LogP contribution in [-0.2, 0) is 14.8 Å². The van der Waals surface area contributed by atoms with Gasteiger partial charge in [-0.1, -0.05) is 12.1 Å². The Hall–Kier alpha value is -2.91. The van der Waals surface area contributed by atoms with Gasteiger partial charge in [0.25, 0.3) is 10.0 Å². The normalized spacial score (nSPS) is 11.1. The topological polar surface area (TPSA) is 97.4 Å². The summed E-state index contributed by atoms with van der Waals surface area (Å²) in [5.41, 5.74) is 2.14. The average Bonchev–Trinajstić information content (AvgIpc) is 3.10. The van der Waals surface area contributed by atoms with E-state index in [1.807, 2.05) is 19.1 Å². The van der Waals surface area contributed by atoms with Crippen molar-refractivity contribution in [2.45, 2.75) is 18.7 Å². The summed E-state index contributed by atoms with van der Waals surface area (Å²) in [6.45, 7) is 3.81. The number of benzene rings is 2. The van der Waals surface area contributed by atoms with Crippen molar-refractivity contribution in [3.05, 3.63) is 53.9 Å². The molecular formula is C19H19N3O4S2. The molecule has 3 rings (SSSR count). The number of anilines is 2. The first-order valence-electron chi connectivity index (χ1n) is 8.46. The molecule has 0 saturated heterocycles. The lowest BCUT2D eigenvalue weighted by atomic mass is 10.1. The minimum atomic E-state index is -3.74. The first kappa shape index (κ1) is 19.8. The Morgan fingerprint density at radius 3 is 2.39 bits per heavy atom. The summed E-state index contributed by atoms with van der Waals surface area (Å²) >= 11 is 1.20. The molecule has 0 radical (unpaired) electrons. The van der Waals surface area contributed by atoms with E-state index >= 15 is 0 Å². The van der Waals surface area contributed by atoms with Gasteiger partial charge in [0.05, 0.1) is 17.2 Å². The van der Waals surface area contributed by atoms with E-state index in [2.05, 4.69) is 15.0 Å². The zero-order chi connectivity index (χ0) is 20.1. The van der Waals surface area contributed by atoms with E-state index in [9.17, 15) is 13.2 Å². The number of amides is 1. The quantitative estimate of drug-likeness (QED) is 0.606. The van der Waals surface area contributed by atoms with E-state index in [-0.39, 0.29) is 15.9 Å². The van der Waals surface area contributed by atoms with Crippen molar-refractivity contribution in [2.24, 2.45) is 0 Å². The standard InChI is InChI=1S/C19H19N3O4S2/c1-3-26-16-8-10-17(11-9-16)28(24,25)22-19-21-18(12-27-19)14-4-6-15(7-5-14)20-13(2)23/h4-12H,3H2,1-2H3,(H,20,23)(H,21,22). The van der Waals surface area contributed by atoms with Gasteiger partial charge < -0.3 is 10.1 Å². The Morgan fingerprint density at radius 1 is 1.11 bits per heavy atom. The molecule has 0 fully saturated rings. The van der Waals surface area contributed by atoms with Gasteiger partial charge in [0, 0.05) is 23.6 Å². The molecule has 0 spiro atoms. The Morgan fingerprint density at radius 2 is 1.79 bits per heavy atom. The lowest BCUT2D eigenvalue weighted by molar-refractivity contribution is -0.114. The molecule has 1 aromatic heterocycles. The van der Waals surface area contributed by atoms with Crippen LogP contribution in [0, 0.1) is 0 Å². The number of hydrogen-bond donors (Lipinski definition) is 2. The van der Waals surface area contributed by atoms with Crippen molar-refractivity contribution in [1.29, 1.82) is 0 Å². The summed E-state index contributed by atoms with van der Waals surface area (Å²) in [7, 11) is -3.74. The Labute approximate surface area is 167 Å². The van der Waals surface area contributed by atoms with Crippen molar-refractivity contribution in [2.75, 3.05) is 16.6 Å². The molecule has 7 nitrogen and oxygen atoms in total. The number of nitrogens with zero attached hydrogens (tertiary/aromatic N) is 1. The zero-order valence-electron chi connectivity index (χ0n) is 15.3. The molecule has 0 unspecified atom stereocenters. The van der Waals surface area contributed by atoms with Gasteiger partial charge in [-0.3, -0.25) is 9.52 Å². The number of rotatable bonds is 7. The number of carbonyl (C=O) groups excluding carboxylic acids is 1. The molecule has 0 saturated carbocycles. The Kier molecular flexibility index (Phi) is 5.96. The first-order chi connectivity index (χ1) is 13.4. The highest BCUT2D eigenvalue weighted by Crippen LogP contribution is 2.28. The summed E-state index contributed by atoms with van der Waals surface area (Å²) in [5.74, 6) is 0.466. The second kappa shape index (κ2) is 8.41. The van der Waals surface area contributed by atoms with Gasteiger partial charge in [0.2, 0.25) is 5.91 Å². The molecule has 1 amide bonds. The molecule has 0 aliphatic carbocycles. The van der Waals surface area contributed by atoms with Gasteiger partial charge in [-0.25, -0.2) is 13.4 Å². The molecule has 0 aliphatic heterocycles. The summed E-state index contributed by atoms with van der Waals surface area (Å²) in [6.07, 6.45) is 0. The molecule has 2 N–H and O–H groups in total. The third-order valence-corrected chi connectivity index (χ3v) is 5.91. The van der Waals surface area contributed by atoms with Crippen LogP contribution < -0.4 is 14.8 Å². The van der Waals surface area contributed by atoms with Gasteiger partial charge in [-0.2, -0.15) is 0 Å². The van der Waals surface area contributed by atoms with Crippen LogP contribution in [0.25, 0.3) is 11.3 Å². The van der Waals surface area contributed by atoms with E-state index in [0.717, 1.165) is 5.56 Å². The number of hydrogen-bond acceptors (Lipinski definition) is 6. The van der Waals surface area contributed by atoms with Gasteiger partial charge in [0.15, 0.2) is 5.13 Å². The van der Waals surface area contributed by atoms with Gasteiger partial charge in [-0.05, 0) is 43.3 Å². The lowest BCUT2D eigenvalue weighted by Crippen LogP contribution is -2.12. The molecule has 2 aromatic carbocycles. The van der Waals surface area contributed by atoms with Crippen molar-refractivity contribution in [1.82, 2.24) is 4.98 Å². The number of carbonyl (C=O) groups is 1. The fourth-order valence-electron chi connectivity index (χ4n) is 2.44. The maximum absolute atomic E-state index is 12.5. The number of thiazole rings is 1. The number of sulfonamides is 1. The Bertz CT molecular complexity index is 1060. The molecule has 3 aromatic rings. The van der Waals surface area contributed by atoms with Crippen molar-refractivity contribution in [3.8, 4) is 17.0 Å². The van der Waals surface area contributed by atoms with Gasteiger partial charge in [0.1, 0.15) is 5.75 Å². The number of aromatic nitrogens is 1. The molecule has 1 heterocycles. The fourth-order valence-corrected chi connectivity index (χ4v) is 4.41. The van der Waals surface area contributed by atoms with Crippen LogP contribution in [0.2, 0.25) is 0 Å². The van der Waals surface area contributed by atoms with E-state index in [4.69, 9.17) is 4.74 Å². The highest BCUT2D eigenvalue weighted by molar-refractivity contribution is 7.93. The Balaban J connectivity index is 1.73. The van der Waals surface area contributed by atoms with E-state index in [1.54, 1.807) is 29.6 Å². The van der Waals surface area contributed by atoms with Crippen LogP contribution in [0.15, 0.2) is 58.8 Å². The minimum absolute atomic E-state index is 0.132. The van der Waals surface area contributed by atoms with Crippen LogP contribution in [-0.4, -0.2) is 25.9 Å². The summed E-state index contributed by atoms with van der Waals surface area (Å²) in [6, 6.07) is 13.4. The van der Waals surface area contributed by atoms with Gasteiger partial charge >= 0.3 is 0 Å². The SMILES string of the molecule is CCOc1ccc(S(=O)(=O)Nc2nc(-c3ccc(NC(C)=O)cc3)cs2)cc1. The summed E-state index contributed by atoms with van der Waals surface area (Å²) in [5, 5.41) is 4.73. The molecule has 9 heteroatoms. The average molecular weight is 418 g/mol. The predicted molar refractivity (Wildman–Crippen MR) is 110 cm³/mol. The largest absolute Gasteiger partial charge is 0.494 e. The highest BCUT2D eigenvalue weighted by Gasteiger charge is 2.16. The molecule has 28 heavy (non-hydrogen) atoms. The van der Waals surface area contributed by atoms with Crippen LogP contribution in [0.5, 0.6) is 5.75 Å². The second-order valence-electron chi connectivity index (χ2n) is 5.81.